The van der Waals surface area contributed by atoms with Crippen molar-refractivity contribution in [2.24, 2.45) is 0 Å². The molecule has 2 fully saturated rings. The highest BCUT2D eigenvalue weighted by molar-refractivity contribution is 8.30. The van der Waals surface area contributed by atoms with Crippen molar-refractivity contribution in [3.63, 3.8) is 0 Å². The molecule has 0 spiro atoms. The number of carbonyl (C=O) groups excluding carboxylic acids is 1. The standard InChI is InChI=1S/C29H27N3O4S4/c1-3-30-27(36)25(40-29(30)37)28-31(15-24(33)34)26(35)23(39-28)13-16-10-11-22-20(12-16)19-8-5-9-21(19)32(22)17-6-4-7-18(14-17)38-2/h4,6-7,10-14,19,21H,3,5,8-9,15H2,1-2H3,(H,33,34)/b23-13+,28-25-. The number of fused-ring (bicyclic) bond motifs is 3. The molecule has 2 atom stereocenters. The zero-order valence-corrected chi connectivity index (χ0v) is 25.2. The summed E-state index contributed by atoms with van der Waals surface area (Å²) in [7, 11) is 0. The number of nitrogens with zero attached hydrogens (tertiary/aromatic N) is 3. The average molecular weight is 610 g/mol. The number of carboxylic acids is 1. The number of carboxylic acid groups (broad SMARTS) is 1. The lowest BCUT2D eigenvalue weighted by molar-refractivity contribution is -0.137. The second-order valence-electron chi connectivity index (χ2n) is 9.94. The molecule has 2 unspecified atom stereocenters. The van der Waals surface area contributed by atoms with Gasteiger partial charge in [-0.25, -0.2) is 0 Å². The van der Waals surface area contributed by atoms with Gasteiger partial charge in [-0.05, 0) is 73.6 Å². The lowest BCUT2D eigenvalue weighted by atomic mass is 9.96. The third kappa shape index (κ3) is 4.62. The van der Waals surface area contributed by atoms with E-state index < -0.39 is 18.1 Å². The van der Waals surface area contributed by atoms with E-state index in [0.717, 1.165) is 41.5 Å². The van der Waals surface area contributed by atoms with E-state index in [0.29, 0.717) is 36.9 Å². The maximum Gasteiger partial charge on any atom is 0.323 e. The maximum absolute atomic E-state index is 13.4. The second kappa shape index (κ2) is 10.8. The Morgan fingerprint density at radius 3 is 2.75 bits per heavy atom. The fraction of sp³-hybridized carbons (Fsp3) is 0.310. The van der Waals surface area contributed by atoms with Gasteiger partial charge in [0.2, 0.25) is 0 Å². The molecule has 1 saturated heterocycles. The van der Waals surface area contributed by atoms with Gasteiger partial charge in [0.1, 0.15) is 20.4 Å². The number of hydrogen-bond acceptors (Lipinski definition) is 8. The first-order valence-electron chi connectivity index (χ1n) is 13.1. The number of hydrogen-bond donors (Lipinski definition) is 1. The van der Waals surface area contributed by atoms with Crippen LogP contribution in [0.1, 0.15) is 43.2 Å². The average Bonchev–Trinajstić information content (AvgIpc) is 3.67. The van der Waals surface area contributed by atoms with Crippen LogP contribution in [0.5, 0.6) is 0 Å². The molecule has 3 heterocycles. The normalized spacial score (nSPS) is 21.9. The van der Waals surface area contributed by atoms with Gasteiger partial charge in [-0.2, -0.15) is 0 Å². The Labute approximate surface area is 249 Å². The smallest absolute Gasteiger partial charge is 0.323 e. The number of benzene rings is 2. The van der Waals surface area contributed by atoms with Crippen molar-refractivity contribution in [2.75, 3.05) is 17.7 Å². The molecule has 3 aliphatic rings. The number of anilines is 2. The molecule has 1 saturated carbocycles. The number of aromatic nitrogens is 1. The first-order chi connectivity index (χ1) is 19.3. The Hall–Kier alpha value is -2.86. The van der Waals surface area contributed by atoms with Crippen molar-refractivity contribution in [3.05, 3.63) is 73.1 Å². The summed E-state index contributed by atoms with van der Waals surface area (Å²) in [5.74, 6) is -1.01. The summed E-state index contributed by atoms with van der Waals surface area (Å²) in [5, 5.41) is 9.51. The number of carbonyl (C=O) groups is 2. The minimum atomic E-state index is -1.14. The van der Waals surface area contributed by atoms with Crippen LogP contribution in [0.25, 0.3) is 11.0 Å². The van der Waals surface area contributed by atoms with E-state index in [1.807, 2.05) is 19.1 Å². The van der Waals surface area contributed by atoms with Gasteiger partial charge in [-0.15, -0.1) is 23.1 Å². The number of amides is 1. The summed E-state index contributed by atoms with van der Waals surface area (Å²) in [5.41, 5.74) is 4.16. The summed E-state index contributed by atoms with van der Waals surface area (Å²) >= 11 is 9.35. The topological polar surface area (TPSA) is 82.9 Å². The van der Waals surface area contributed by atoms with E-state index in [2.05, 4.69) is 47.6 Å². The quantitative estimate of drug-likeness (QED) is 0.327. The summed E-state index contributed by atoms with van der Waals surface area (Å²) in [6, 6.07) is 15.4. The first kappa shape index (κ1) is 27.3. The van der Waals surface area contributed by atoms with E-state index in [9.17, 15) is 19.5 Å². The Balaban J connectivity index is 1.46. The van der Waals surface area contributed by atoms with E-state index in [4.69, 9.17) is 12.2 Å². The Morgan fingerprint density at radius 2 is 2.02 bits per heavy atom. The van der Waals surface area contributed by atoms with Crippen LogP contribution in [0.4, 0.5) is 11.4 Å². The summed E-state index contributed by atoms with van der Waals surface area (Å²) in [4.78, 5) is 43.5. The highest BCUT2D eigenvalue weighted by Gasteiger charge is 2.42. The predicted octanol–water partition coefficient (Wildman–Crippen LogP) is 4.32. The van der Waals surface area contributed by atoms with Crippen LogP contribution in [-0.4, -0.2) is 49.6 Å². The van der Waals surface area contributed by atoms with E-state index in [1.165, 1.54) is 37.7 Å². The molecule has 0 radical (unpaired) electrons. The molecular weight excluding hydrogens is 583 g/mol. The molecule has 7 nitrogen and oxygen atoms in total. The molecule has 11 heteroatoms. The van der Waals surface area contributed by atoms with Crippen LogP contribution >= 0.6 is 47.1 Å². The van der Waals surface area contributed by atoms with Crippen LogP contribution < -0.4 is 19.7 Å². The van der Waals surface area contributed by atoms with Crippen molar-refractivity contribution >= 4 is 85.6 Å². The highest BCUT2D eigenvalue weighted by Crippen LogP contribution is 2.52. The van der Waals surface area contributed by atoms with Gasteiger partial charge in [0.15, 0.2) is 0 Å². The maximum atomic E-state index is 13.4. The van der Waals surface area contributed by atoms with Crippen molar-refractivity contribution in [3.8, 4) is 0 Å². The third-order valence-corrected chi connectivity index (χ3v) is 11.1. The van der Waals surface area contributed by atoms with Crippen LogP contribution in [0.15, 0.2) is 52.2 Å². The van der Waals surface area contributed by atoms with Gasteiger partial charge in [-0.3, -0.25) is 23.9 Å². The zero-order chi connectivity index (χ0) is 28.1. The van der Waals surface area contributed by atoms with Gasteiger partial charge in [-0.1, -0.05) is 42.5 Å². The summed E-state index contributed by atoms with van der Waals surface area (Å²) in [6.07, 6.45) is 7.34. The third-order valence-electron chi connectivity index (χ3n) is 7.71. The fourth-order valence-corrected chi connectivity index (χ4v) is 9.07. The molecule has 3 aromatic rings. The number of thioether (sulfide) groups is 2. The molecule has 206 valence electrons. The lowest BCUT2D eigenvalue weighted by Crippen LogP contribution is -2.35. The zero-order valence-electron chi connectivity index (χ0n) is 22.0. The number of rotatable bonds is 6. The van der Waals surface area contributed by atoms with Crippen molar-refractivity contribution in [1.82, 2.24) is 9.47 Å². The van der Waals surface area contributed by atoms with E-state index in [-0.39, 0.29) is 5.91 Å². The summed E-state index contributed by atoms with van der Waals surface area (Å²) in [6.45, 7) is 1.72. The number of thiocarbonyl (C=S) groups is 1. The first-order valence-corrected chi connectivity index (χ1v) is 16.4. The largest absolute Gasteiger partial charge is 0.480 e. The molecule has 1 N–H and O–H groups in total. The van der Waals surface area contributed by atoms with Crippen LogP contribution in [0.2, 0.25) is 0 Å². The minimum absolute atomic E-state index is 0.292. The van der Waals surface area contributed by atoms with E-state index in [1.54, 1.807) is 11.8 Å². The van der Waals surface area contributed by atoms with Gasteiger partial charge >= 0.3 is 5.97 Å². The molecule has 40 heavy (non-hydrogen) atoms. The molecule has 1 aromatic heterocycles. The number of aliphatic carboxylic acids is 1. The van der Waals surface area contributed by atoms with E-state index >= 15 is 0 Å². The van der Waals surface area contributed by atoms with Gasteiger partial charge < -0.3 is 10.0 Å². The van der Waals surface area contributed by atoms with Crippen LogP contribution in [0.3, 0.4) is 0 Å². The predicted molar refractivity (Wildman–Crippen MR) is 167 cm³/mol. The molecule has 1 amide bonds. The SMILES string of the molecule is CCN1C(=O)/C(=c2/s/c(=C/c3ccc4c(c3)C3CCCC3N4c3cccc(SC)c3)c(=O)n2CC(=O)O)SC1=S. The van der Waals surface area contributed by atoms with Crippen molar-refractivity contribution < 1.29 is 14.7 Å². The second-order valence-corrected chi connectivity index (χ2v) is 13.5. The molecule has 1 aliphatic carbocycles. The van der Waals surface area contributed by atoms with Crippen LogP contribution in [-0.2, 0) is 16.1 Å². The van der Waals surface area contributed by atoms with Crippen molar-refractivity contribution in [2.45, 2.75) is 49.6 Å². The van der Waals surface area contributed by atoms with Crippen molar-refractivity contribution in [1.29, 1.82) is 0 Å². The Morgan fingerprint density at radius 1 is 1.20 bits per heavy atom. The lowest BCUT2D eigenvalue weighted by Gasteiger charge is -2.27. The van der Waals surface area contributed by atoms with Gasteiger partial charge in [0.05, 0.1) is 4.53 Å². The van der Waals surface area contributed by atoms with Gasteiger partial charge in [0, 0.05) is 34.8 Å². The monoisotopic (exact) mass is 609 g/mol. The Kier molecular flexibility index (Phi) is 7.41. The van der Waals surface area contributed by atoms with Gasteiger partial charge in [0.25, 0.3) is 11.5 Å². The minimum Gasteiger partial charge on any atom is -0.480 e. The molecule has 6 rings (SSSR count). The molecule has 2 aliphatic heterocycles. The summed E-state index contributed by atoms with van der Waals surface area (Å²) < 4.78 is 2.32. The Bertz CT molecular complexity index is 1740. The molecular formula is C29H27N3O4S4. The highest BCUT2D eigenvalue weighted by atomic mass is 32.2. The molecule has 0 bridgehead atoms. The molecule has 2 aromatic carbocycles. The fourth-order valence-electron chi connectivity index (χ4n) is 5.98. The number of thiazole rings is 1. The van der Waals surface area contributed by atoms with Crippen LogP contribution in [0, 0.1) is 0 Å².